The lowest BCUT2D eigenvalue weighted by atomic mass is 10.0. The third kappa shape index (κ3) is 4.51. The van der Waals surface area contributed by atoms with Crippen LogP contribution >= 0.6 is 11.8 Å². The van der Waals surface area contributed by atoms with E-state index in [0.717, 1.165) is 30.8 Å². The van der Waals surface area contributed by atoms with Crippen molar-refractivity contribution in [2.45, 2.75) is 38.0 Å². The van der Waals surface area contributed by atoms with E-state index in [4.69, 9.17) is 4.74 Å². The fourth-order valence-corrected chi connectivity index (χ4v) is 3.85. The molecule has 1 N–H and O–H groups in total. The van der Waals surface area contributed by atoms with E-state index in [1.165, 1.54) is 24.0 Å². The summed E-state index contributed by atoms with van der Waals surface area (Å²) in [4.78, 5) is 0. The predicted octanol–water partition coefficient (Wildman–Crippen LogP) is 3.56. The molecule has 1 aromatic carbocycles. The first-order valence-corrected chi connectivity index (χ1v) is 8.34. The van der Waals surface area contributed by atoms with Gasteiger partial charge in [0.15, 0.2) is 0 Å². The van der Waals surface area contributed by atoms with Crippen LogP contribution in [0.4, 0.5) is 0 Å². The van der Waals surface area contributed by atoms with Gasteiger partial charge in [-0.3, -0.25) is 0 Å². The van der Waals surface area contributed by atoms with Gasteiger partial charge in [0.2, 0.25) is 0 Å². The molecule has 1 unspecified atom stereocenters. The van der Waals surface area contributed by atoms with Gasteiger partial charge in [0.05, 0.1) is 0 Å². The molecule has 1 heterocycles. The molecule has 3 heteroatoms. The van der Waals surface area contributed by atoms with Crippen LogP contribution in [0.5, 0.6) is 0 Å². The number of rotatable bonds is 6. The summed E-state index contributed by atoms with van der Waals surface area (Å²) in [5.74, 6) is 1.16. The van der Waals surface area contributed by atoms with Gasteiger partial charge >= 0.3 is 0 Å². The van der Waals surface area contributed by atoms with Crippen LogP contribution in [0.25, 0.3) is 0 Å². The van der Waals surface area contributed by atoms with Gasteiger partial charge in [0, 0.05) is 30.3 Å². The summed E-state index contributed by atoms with van der Waals surface area (Å²) >= 11 is 2.11. The van der Waals surface area contributed by atoms with Crippen molar-refractivity contribution in [2.75, 3.05) is 25.5 Å². The van der Waals surface area contributed by atoms with Crippen molar-refractivity contribution in [1.82, 2.24) is 5.32 Å². The van der Waals surface area contributed by atoms with E-state index >= 15 is 0 Å². The van der Waals surface area contributed by atoms with Gasteiger partial charge in [-0.15, -0.1) is 0 Å². The number of ether oxygens (including phenoxy) is 1. The number of nitrogens with one attached hydrogen (secondary N) is 1. The highest BCUT2D eigenvalue weighted by molar-refractivity contribution is 7.99. The van der Waals surface area contributed by atoms with Crippen LogP contribution in [0.3, 0.4) is 0 Å². The van der Waals surface area contributed by atoms with E-state index in [2.05, 4.69) is 55.2 Å². The monoisotopic (exact) mass is 279 g/mol. The molecule has 19 heavy (non-hydrogen) atoms. The van der Waals surface area contributed by atoms with Crippen LogP contribution < -0.4 is 5.32 Å². The molecule has 2 rings (SSSR count). The van der Waals surface area contributed by atoms with E-state index in [1.54, 1.807) is 0 Å². The topological polar surface area (TPSA) is 21.3 Å². The zero-order valence-corrected chi connectivity index (χ0v) is 12.8. The third-order valence-corrected chi connectivity index (χ3v) is 5.15. The Balaban J connectivity index is 1.94. The fourth-order valence-electron chi connectivity index (χ4n) is 2.56. The largest absolute Gasteiger partial charge is 0.381 e. The Hall–Kier alpha value is -0.510. The highest BCUT2D eigenvalue weighted by Gasteiger charge is 2.18. The second-order valence-corrected chi connectivity index (χ2v) is 6.45. The number of thioether (sulfide) groups is 1. The Labute approximate surface area is 121 Å². The van der Waals surface area contributed by atoms with E-state index in [9.17, 15) is 0 Å². The Morgan fingerprint density at radius 1 is 1.32 bits per heavy atom. The molecular weight excluding hydrogens is 254 g/mol. The van der Waals surface area contributed by atoms with Gasteiger partial charge in [0.25, 0.3) is 0 Å². The molecule has 0 bridgehead atoms. The Kier molecular flexibility index (Phi) is 6.21. The maximum absolute atomic E-state index is 5.43. The first kappa shape index (κ1) is 14.9. The van der Waals surface area contributed by atoms with Crippen molar-refractivity contribution in [2.24, 2.45) is 0 Å². The molecule has 0 saturated carbocycles. The summed E-state index contributed by atoms with van der Waals surface area (Å²) in [6.07, 6.45) is 2.41. The highest BCUT2D eigenvalue weighted by Crippen LogP contribution is 2.28. The van der Waals surface area contributed by atoms with Gasteiger partial charge in [-0.25, -0.2) is 0 Å². The maximum Gasteiger partial charge on any atom is 0.0476 e. The van der Waals surface area contributed by atoms with Gasteiger partial charge in [-0.05, 0) is 37.4 Å². The summed E-state index contributed by atoms with van der Waals surface area (Å²) in [7, 11) is 0. The summed E-state index contributed by atoms with van der Waals surface area (Å²) < 4.78 is 5.43. The fraction of sp³-hybridized carbons (Fsp3) is 0.625. The molecule has 0 amide bonds. The Bertz CT molecular complexity index is 377. The molecule has 2 nitrogen and oxygen atoms in total. The molecule has 1 aliphatic heterocycles. The standard InChI is InChI=1S/C16H25NOS/c1-3-17-16(15-7-5-4-6-13(15)2)12-19-14-8-10-18-11-9-14/h4-7,14,16-17H,3,8-12H2,1-2H3. The summed E-state index contributed by atoms with van der Waals surface area (Å²) in [5.41, 5.74) is 2.84. The molecule has 1 aromatic rings. The zero-order valence-electron chi connectivity index (χ0n) is 12.0. The van der Waals surface area contributed by atoms with Crippen molar-refractivity contribution >= 4 is 11.8 Å². The molecule has 1 fully saturated rings. The molecule has 0 radical (unpaired) electrons. The number of hydrogen-bond donors (Lipinski definition) is 1. The third-order valence-electron chi connectivity index (χ3n) is 3.68. The van der Waals surface area contributed by atoms with Crippen molar-refractivity contribution in [3.63, 3.8) is 0 Å². The summed E-state index contributed by atoms with van der Waals surface area (Å²) in [6.45, 7) is 7.29. The number of aryl methyl sites for hydroxylation is 1. The second kappa shape index (κ2) is 7.93. The van der Waals surface area contributed by atoms with Crippen LogP contribution in [-0.4, -0.2) is 30.8 Å². The van der Waals surface area contributed by atoms with Gasteiger partial charge in [-0.2, -0.15) is 11.8 Å². The minimum Gasteiger partial charge on any atom is -0.381 e. The molecule has 0 aromatic heterocycles. The van der Waals surface area contributed by atoms with Crippen LogP contribution in [-0.2, 0) is 4.74 Å². The van der Waals surface area contributed by atoms with E-state index in [0.29, 0.717) is 6.04 Å². The Morgan fingerprint density at radius 2 is 2.05 bits per heavy atom. The lowest BCUT2D eigenvalue weighted by molar-refractivity contribution is 0.1000. The first-order chi connectivity index (χ1) is 9.31. The highest BCUT2D eigenvalue weighted by atomic mass is 32.2. The van der Waals surface area contributed by atoms with Gasteiger partial charge in [-0.1, -0.05) is 31.2 Å². The lowest BCUT2D eigenvalue weighted by Crippen LogP contribution is -2.26. The number of benzene rings is 1. The van der Waals surface area contributed by atoms with Crippen LogP contribution in [0.15, 0.2) is 24.3 Å². The zero-order chi connectivity index (χ0) is 13.5. The number of hydrogen-bond acceptors (Lipinski definition) is 3. The quantitative estimate of drug-likeness (QED) is 0.860. The molecule has 106 valence electrons. The van der Waals surface area contributed by atoms with E-state index in [1.807, 2.05) is 0 Å². The molecule has 1 atom stereocenters. The van der Waals surface area contributed by atoms with Crippen molar-refractivity contribution in [3.8, 4) is 0 Å². The van der Waals surface area contributed by atoms with Gasteiger partial charge < -0.3 is 10.1 Å². The molecule has 1 saturated heterocycles. The summed E-state index contributed by atoms with van der Waals surface area (Å²) in [6, 6.07) is 9.20. The van der Waals surface area contributed by atoms with Crippen LogP contribution in [0.1, 0.15) is 36.9 Å². The second-order valence-electron chi connectivity index (χ2n) is 5.11. The van der Waals surface area contributed by atoms with Crippen molar-refractivity contribution in [1.29, 1.82) is 0 Å². The molecule has 0 spiro atoms. The van der Waals surface area contributed by atoms with Crippen molar-refractivity contribution in [3.05, 3.63) is 35.4 Å². The maximum atomic E-state index is 5.43. The predicted molar refractivity (Wildman–Crippen MR) is 83.9 cm³/mol. The molecular formula is C16H25NOS. The van der Waals surface area contributed by atoms with E-state index in [-0.39, 0.29) is 0 Å². The minimum atomic E-state index is 0.471. The summed E-state index contributed by atoms with van der Waals surface area (Å²) in [5, 5.41) is 4.40. The minimum absolute atomic E-state index is 0.471. The SMILES string of the molecule is CCNC(CSC1CCOCC1)c1ccccc1C. The van der Waals surface area contributed by atoms with Crippen molar-refractivity contribution < 1.29 is 4.74 Å². The van der Waals surface area contributed by atoms with Crippen LogP contribution in [0, 0.1) is 6.92 Å². The normalized spacial score (nSPS) is 18.4. The molecule has 0 aliphatic carbocycles. The average molecular weight is 279 g/mol. The molecule has 1 aliphatic rings. The van der Waals surface area contributed by atoms with E-state index < -0.39 is 0 Å². The lowest BCUT2D eigenvalue weighted by Gasteiger charge is -2.25. The first-order valence-electron chi connectivity index (χ1n) is 7.29. The van der Waals surface area contributed by atoms with Crippen LogP contribution in [0.2, 0.25) is 0 Å². The Morgan fingerprint density at radius 3 is 2.74 bits per heavy atom. The average Bonchev–Trinajstić information content (AvgIpc) is 2.45. The smallest absolute Gasteiger partial charge is 0.0476 e. The van der Waals surface area contributed by atoms with Gasteiger partial charge in [0.1, 0.15) is 0 Å².